The molecule has 7 nitrogen and oxygen atoms in total. The Kier molecular flexibility index (Phi) is 6.25. The van der Waals surface area contributed by atoms with Gasteiger partial charge >= 0.3 is 7.82 Å². The Morgan fingerprint density at radius 3 is 2.39 bits per heavy atom. The summed E-state index contributed by atoms with van der Waals surface area (Å²) < 4.78 is 14.7. The van der Waals surface area contributed by atoms with Crippen molar-refractivity contribution in [2.45, 2.75) is 19.8 Å². The first-order valence-corrected chi connectivity index (χ1v) is 7.65. The molecule has 0 aromatic rings. The van der Waals surface area contributed by atoms with Crippen LogP contribution in [0.5, 0.6) is 0 Å². The van der Waals surface area contributed by atoms with Gasteiger partial charge in [-0.3, -0.25) is 14.2 Å². The molecule has 0 spiro atoms. The highest BCUT2D eigenvalue weighted by Gasteiger charge is 2.23. The van der Waals surface area contributed by atoms with Gasteiger partial charge in [0, 0.05) is 26.2 Å². The minimum Gasteiger partial charge on any atom is -0.338 e. The summed E-state index contributed by atoms with van der Waals surface area (Å²) in [5, 5.41) is 0. The van der Waals surface area contributed by atoms with Crippen LogP contribution in [0.1, 0.15) is 19.8 Å². The van der Waals surface area contributed by atoms with E-state index in [2.05, 4.69) is 16.3 Å². The monoisotopic (exact) mass is 280 g/mol. The molecule has 1 fully saturated rings. The van der Waals surface area contributed by atoms with Crippen LogP contribution < -0.4 is 0 Å². The van der Waals surface area contributed by atoms with Crippen LogP contribution in [0.4, 0.5) is 0 Å². The number of hydrogen-bond donors (Lipinski definition) is 2. The average Bonchev–Trinajstić information content (AvgIpc) is 2.33. The van der Waals surface area contributed by atoms with Crippen molar-refractivity contribution in [3.05, 3.63) is 0 Å². The van der Waals surface area contributed by atoms with E-state index in [0.717, 1.165) is 32.5 Å². The van der Waals surface area contributed by atoms with Gasteiger partial charge in [-0.1, -0.05) is 13.3 Å². The number of unbranched alkanes of at least 4 members (excludes halogenated alkanes) is 1. The van der Waals surface area contributed by atoms with E-state index in [4.69, 9.17) is 9.79 Å². The second-order valence-electron chi connectivity index (χ2n) is 4.34. The Labute approximate surface area is 107 Å². The normalized spacial score (nSPS) is 18.1. The number of carbonyl (C=O) groups excluding carboxylic acids is 1. The molecule has 0 aromatic carbocycles. The molecular formula is C10H21N2O5P. The van der Waals surface area contributed by atoms with Crippen LogP contribution in [0, 0.1) is 0 Å². The summed E-state index contributed by atoms with van der Waals surface area (Å²) in [7, 11) is -4.56. The van der Waals surface area contributed by atoms with Crippen LogP contribution in [0.25, 0.3) is 0 Å². The fourth-order valence-electron chi connectivity index (χ4n) is 1.83. The largest absolute Gasteiger partial charge is 0.470 e. The number of nitrogens with zero attached hydrogens (tertiary/aromatic N) is 2. The van der Waals surface area contributed by atoms with Gasteiger partial charge in [0.25, 0.3) is 0 Å². The molecule has 0 bridgehead atoms. The van der Waals surface area contributed by atoms with Gasteiger partial charge < -0.3 is 14.7 Å². The van der Waals surface area contributed by atoms with E-state index in [9.17, 15) is 9.36 Å². The average molecular weight is 280 g/mol. The van der Waals surface area contributed by atoms with Crippen molar-refractivity contribution in [1.29, 1.82) is 0 Å². The molecule has 1 rings (SSSR count). The molecule has 106 valence electrons. The third-order valence-electron chi connectivity index (χ3n) is 2.91. The third kappa shape index (κ3) is 5.93. The Bertz CT molecular complexity index is 311. The summed E-state index contributed by atoms with van der Waals surface area (Å²) in [5.41, 5.74) is 0. The first kappa shape index (κ1) is 15.6. The summed E-state index contributed by atoms with van der Waals surface area (Å²) in [6.07, 6.45) is 2.30. The molecule has 0 saturated carbocycles. The van der Waals surface area contributed by atoms with Gasteiger partial charge in [-0.15, -0.1) is 0 Å². The maximum absolute atomic E-state index is 11.6. The number of hydrogen-bond acceptors (Lipinski definition) is 4. The van der Waals surface area contributed by atoms with E-state index < -0.39 is 14.4 Å². The van der Waals surface area contributed by atoms with E-state index >= 15 is 0 Å². The smallest absolute Gasteiger partial charge is 0.338 e. The zero-order chi connectivity index (χ0) is 13.6. The second kappa shape index (κ2) is 7.21. The molecule has 0 unspecified atom stereocenters. The highest BCUT2D eigenvalue weighted by molar-refractivity contribution is 7.46. The Morgan fingerprint density at radius 1 is 1.28 bits per heavy atom. The van der Waals surface area contributed by atoms with Crippen LogP contribution in [-0.2, 0) is 13.9 Å². The maximum atomic E-state index is 11.6. The highest BCUT2D eigenvalue weighted by atomic mass is 31.2. The number of carbonyl (C=O) groups is 1. The summed E-state index contributed by atoms with van der Waals surface area (Å²) in [5.74, 6) is -0.367. The Hall–Kier alpha value is -0.460. The standard InChI is InChI=1S/C10H21N2O5P/c1-2-3-4-11-5-7-12(8-6-11)10(13)9-17-18(14,15)16/h2-9H2,1H3,(H2,14,15,16). The second-order valence-corrected chi connectivity index (χ2v) is 5.58. The lowest BCUT2D eigenvalue weighted by atomic mass is 10.2. The molecule has 0 radical (unpaired) electrons. The van der Waals surface area contributed by atoms with Gasteiger partial charge in [-0.2, -0.15) is 0 Å². The molecule has 2 N–H and O–H groups in total. The lowest BCUT2D eigenvalue weighted by Gasteiger charge is -2.34. The van der Waals surface area contributed by atoms with E-state index in [1.807, 2.05) is 0 Å². The van der Waals surface area contributed by atoms with Gasteiger partial charge in [-0.25, -0.2) is 4.57 Å². The summed E-state index contributed by atoms with van der Waals surface area (Å²) >= 11 is 0. The van der Waals surface area contributed by atoms with Crippen molar-refractivity contribution in [3.8, 4) is 0 Å². The molecular weight excluding hydrogens is 259 g/mol. The molecule has 8 heteroatoms. The van der Waals surface area contributed by atoms with Crippen molar-refractivity contribution in [3.63, 3.8) is 0 Å². The molecule has 1 amide bonds. The van der Waals surface area contributed by atoms with E-state index in [-0.39, 0.29) is 5.91 Å². The molecule has 1 aliphatic heterocycles. The van der Waals surface area contributed by atoms with E-state index in [1.165, 1.54) is 0 Å². The van der Waals surface area contributed by atoms with Crippen molar-refractivity contribution in [1.82, 2.24) is 9.80 Å². The summed E-state index contributed by atoms with van der Waals surface area (Å²) in [4.78, 5) is 32.5. The van der Waals surface area contributed by atoms with Gasteiger partial charge in [0.05, 0.1) is 0 Å². The highest BCUT2D eigenvalue weighted by Crippen LogP contribution is 2.35. The molecule has 0 atom stereocenters. The van der Waals surface area contributed by atoms with Gasteiger partial charge in [-0.05, 0) is 13.0 Å². The molecule has 0 aromatic heterocycles. The Morgan fingerprint density at radius 2 is 1.89 bits per heavy atom. The maximum Gasteiger partial charge on any atom is 0.470 e. The fraction of sp³-hybridized carbons (Fsp3) is 0.900. The van der Waals surface area contributed by atoms with Crippen molar-refractivity contribution >= 4 is 13.7 Å². The minimum atomic E-state index is -4.56. The quantitative estimate of drug-likeness (QED) is 0.668. The van der Waals surface area contributed by atoms with Crippen LogP contribution in [-0.4, -0.2) is 64.8 Å². The zero-order valence-corrected chi connectivity index (χ0v) is 11.5. The van der Waals surface area contributed by atoms with Crippen molar-refractivity contribution in [2.24, 2.45) is 0 Å². The van der Waals surface area contributed by atoms with Crippen LogP contribution >= 0.6 is 7.82 Å². The van der Waals surface area contributed by atoms with Crippen LogP contribution in [0.3, 0.4) is 0 Å². The topological polar surface area (TPSA) is 90.3 Å². The zero-order valence-electron chi connectivity index (χ0n) is 10.6. The van der Waals surface area contributed by atoms with Crippen molar-refractivity contribution < 1.29 is 23.7 Å². The number of phosphoric acid groups is 1. The number of amides is 1. The first-order valence-electron chi connectivity index (χ1n) is 6.12. The molecule has 1 saturated heterocycles. The molecule has 0 aliphatic carbocycles. The summed E-state index contributed by atoms with van der Waals surface area (Å²) in [6, 6.07) is 0. The summed E-state index contributed by atoms with van der Waals surface area (Å²) in [6.45, 7) is 5.42. The third-order valence-corrected chi connectivity index (χ3v) is 3.37. The molecule has 1 aliphatic rings. The molecule has 1 heterocycles. The van der Waals surface area contributed by atoms with E-state index in [0.29, 0.717) is 13.1 Å². The van der Waals surface area contributed by atoms with Crippen molar-refractivity contribution in [2.75, 3.05) is 39.3 Å². The SMILES string of the molecule is CCCCN1CCN(C(=O)COP(=O)(O)O)CC1. The predicted molar refractivity (Wildman–Crippen MR) is 65.9 cm³/mol. The number of phosphoric ester groups is 1. The number of rotatable bonds is 6. The van der Waals surface area contributed by atoms with Gasteiger partial charge in [0.1, 0.15) is 6.61 Å². The lowest BCUT2D eigenvalue weighted by molar-refractivity contribution is -0.135. The lowest BCUT2D eigenvalue weighted by Crippen LogP contribution is -2.49. The van der Waals surface area contributed by atoms with Crippen LogP contribution in [0.15, 0.2) is 0 Å². The Balaban J connectivity index is 2.25. The van der Waals surface area contributed by atoms with E-state index in [1.54, 1.807) is 4.90 Å². The first-order chi connectivity index (χ1) is 8.42. The minimum absolute atomic E-state index is 0.367. The number of piperazine rings is 1. The van der Waals surface area contributed by atoms with Gasteiger partial charge in [0.15, 0.2) is 0 Å². The molecule has 18 heavy (non-hydrogen) atoms. The fourth-order valence-corrected chi connectivity index (χ4v) is 2.11. The predicted octanol–water partition coefficient (Wildman–Crippen LogP) is 0.0400. The van der Waals surface area contributed by atoms with Gasteiger partial charge in [0.2, 0.25) is 5.91 Å². The van der Waals surface area contributed by atoms with Crippen LogP contribution in [0.2, 0.25) is 0 Å².